The van der Waals surface area contributed by atoms with E-state index < -0.39 is 23.8 Å². The Balaban J connectivity index is 4.05. The van der Waals surface area contributed by atoms with Gasteiger partial charge in [0, 0.05) is 5.75 Å². The van der Waals surface area contributed by atoms with Crippen LogP contribution in [0, 0.1) is 0 Å². The number of rotatable bonds is 8. The Morgan fingerprint density at radius 3 is 2.47 bits per heavy atom. The molecule has 0 saturated heterocycles. The van der Waals surface area contributed by atoms with Gasteiger partial charge in [0.25, 0.3) is 0 Å². The number of alkyl halides is 3. The lowest BCUT2D eigenvalue weighted by atomic mass is 10.2. The second-order valence-electron chi connectivity index (χ2n) is 3.62. The second kappa shape index (κ2) is 8.66. The van der Waals surface area contributed by atoms with Gasteiger partial charge in [-0.2, -0.15) is 13.2 Å². The van der Waals surface area contributed by atoms with Crippen LogP contribution in [-0.2, 0) is 9.53 Å². The Labute approximate surface area is 104 Å². The van der Waals surface area contributed by atoms with Gasteiger partial charge in [-0.05, 0) is 13.3 Å². The highest BCUT2D eigenvalue weighted by Gasteiger charge is 2.28. The Morgan fingerprint density at radius 2 is 2.00 bits per heavy atom. The zero-order valence-electron chi connectivity index (χ0n) is 10.2. The van der Waals surface area contributed by atoms with Crippen LogP contribution in [0.4, 0.5) is 13.2 Å². The van der Waals surface area contributed by atoms with Crippen LogP contribution >= 0.6 is 11.8 Å². The molecule has 0 N–H and O–H groups in total. The van der Waals surface area contributed by atoms with Crippen molar-refractivity contribution >= 4 is 17.7 Å². The molecule has 0 rings (SSSR count). The molecular formula is C11H19F3O2S. The third-order valence-corrected chi connectivity index (χ3v) is 3.34. The lowest BCUT2D eigenvalue weighted by molar-refractivity contribution is -0.142. The van der Waals surface area contributed by atoms with Gasteiger partial charge in [0.1, 0.15) is 5.25 Å². The summed E-state index contributed by atoms with van der Waals surface area (Å²) >= 11 is 1.04. The van der Waals surface area contributed by atoms with Gasteiger partial charge in [-0.1, -0.05) is 19.8 Å². The highest BCUT2D eigenvalue weighted by molar-refractivity contribution is 8.00. The lowest BCUT2D eigenvalue weighted by Gasteiger charge is -2.15. The van der Waals surface area contributed by atoms with Crippen molar-refractivity contribution in [1.82, 2.24) is 0 Å². The number of thioether (sulfide) groups is 1. The van der Waals surface area contributed by atoms with Crippen LogP contribution in [0.25, 0.3) is 0 Å². The van der Waals surface area contributed by atoms with Crippen molar-refractivity contribution in [2.75, 3.05) is 12.4 Å². The third kappa shape index (κ3) is 9.32. The minimum Gasteiger partial charge on any atom is -0.465 e. The average Bonchev–Trinajstić information content (AvgIpc) is 2.21. The molecule has 1 atom stereocenters. The van der Waals surface area contributed by atoms with Crippen LogP contribution in [0.3, 0.4) is 0 Å². The van der Waals surface area contributed by atoms with E-state index in [0.29, 0.717) is 6.42 Å². The van der Waals surface area contributed by atoms with Gasteiger partial charge in [-0.15, -0.1) is 11.8 Å². The monoisotopic (exact) mass is 272 g/mol. The van der Waals surface area contributed by atoms with Crippen molar-refractivity contribution in [2.45, 2.75) is 51.0 Å². The van der Waals surface area contributed by atoms with Gasteiger partial charge in [0.2, 0.25) is 0 Å². The number of halogens is 3. The molecule has 1 unspecified atom stereocenters. The fourth-order valence-corrected chi connectivity index (χ4v) is 2.38. The Hall–Kier alpha value is -0.390. The van der Waals surface area contributed by atoms with Gasteiger partial charge in [-0.25, -0.2) is 0 Å². The molecule has 0 amide bonds. The minimum atomic E-state index is -4.16. The average molecular weight is 272 g/mol. The molecule has 2 nitrogen and oxygen atoms in total. The molecule has 0 spiro atoms. The molecule has 0 fully saturated rings. The molecule has 0 aromatic carbocycles. The van der Waals surface area contributed by atoms with Gasteiger partial charge < -0.3 is 4.74 Å². The molecule has 102 valence electrons. The maximum Gasteiger partial charge on any atom is 0.389 e. The Morgan fingerprint density at radius 1 is 1.35 bits per heavy atom. The fraction of sp³-hybridized carbons (Fsp3) is 0.909. The van der Waals surface area contributed by atoms with E-state index in [1.807, 2.05) is 6.92 Å². The van der Waals surface area contributed by atoms with Gasteiger partial charge in [-0.3, -0.25) is 4.79 Å². The summed E-state index contributed by atoms with van der Waals surface area (Å²) in [7, 11) is 0. The summed E-state index contributed by atoms with van der Waals surface area (Å²) in [5, 5.41) is -0.461. The molecule has 0 saturated carbocycles. The zero-order chi connectivity index (χ0) is 13.3. The van der Waals surface area contributed by atoms with Crippen molar-refractivity contribution in [2.24, 2.45) is 0 Å². The molecule has 0 aliphatic carbocycles. The molecule has 0 radical (unpaired) electrons. The third-order valence-electron chi connectivity index (χ3n) is 2.07. The first-order valence-electron chi connectivity index (χ1n) is 5.75. The summed E-state index contributed by atoms with van der Waals surface area (Å²) in [6.07, 6.45) is -2.70. The lowest BCUT2D eigenvalue weighted by Crippen LogP contribution is -2.21. The van der Waals surface area contributed by atoms with Crippen molar-refractivity contribution in [3.8, 4) is 0 Å². The highest BCUT2D eigenvalue weighted by atomic mass is 32.2. The zero-order valence-corrected chi connectivity index (χ0v) is 11.0. The molecule has 0 aliphatic heterocycles. The van der Waals surface area contributed by atoms with Crippen molar-refractivity contribution in [1.29, 1.82) is 0 Å². The summed E-state index contributed by atoms with van der Waals surface area (Å²) in [4.78, 5) is 11.5. The van der Waals surface area contributed by atoms with Crippen LogP contribution in [0.5, 0.6) is 0 Å². The van der Waals surface area contributed by atoms with E-state index in [1.54, 1.807) is 6.92 Å². The maximum absolute atomic E-state index is 12.0. The molecule has 0 bridgehead atoms. The number of esters is 1. The fourth-order valence-electron chi connectivity index (χ4n) is 1.21. The van der Waals surface area contributed by atoms with E-state index in [-0.39, 0.29) is 12.4 Å². The number of unbranched alkanes of at least 4 members (excludes halogenated alkanes) is 1. The molecular weight excluding hydrogens is 253 g/mol. The molecule has 6 heteroatoms. The number of carbonyl (C=O) groups excluding carboxylic acids is 1. The van der Waals surface area contributed by atoms with E-state index in [9.17, 15) is 18.0 Å². The minimum absolute atomic E-state index is 0.0866. The molecule has 0 aliphatic rings. The molecule has 17 heavy (non-hydrogen) atoms. The highest BCUT2D eigenvalue weighted by Crippen LogP contribution is 2.26. The number of hydrogen-bond donors (Lipinski definition) is 0. The summed E-state index contributed by atoms with van der Waals surface area (Å²) in [6, 6.07) is 0. The van der Waals surface area contributed by atoms with Crippen molar-refractivity contribution < 1.29 is 22.7 Å². The summed E-state index contributed by atoms with van der Waals surface area (Å²) in [5.41, 5.74) is 0. The largest absolute Gasteiger partial charge is 0.465 e. The Kier molecular flexibility index (Phi) is 8.47. The normalized spacial score (nSPS) is 13.5. The summed E-state index contributed by atoms with van der Waals surface area (Å²) < 4.78 is 40.8. The predicted octanol–water partition coefficient (Wildman–Crippen LogP) is 3.79. The number of hydrogen-bond acceptors (Lipinski definition) is 3. The van der Waals surface area contributed by atoms with E-state index >= 15 is 0 Å². The first-order chi connectivity index (χ1) is 7.90. The summed E-state index contributed by atoms with van der Waals surface area (Å²) in [5.74, 6) is -0.482. The first kappa shape index (κ1) is 16.6. The molecule has 0 heterocycles. The topological polar surface area (TPSA) is 26.3 Å². The van der Waals surface area contributed by atoms with E-state index in [4.69, 9.17) is 4.74 Å². The molecule has 0 aromatic heterocycles. The van der Waals surface area contributed by atoms with Crippen LogP contribution in [0.1, 0.15) is 39.5 Å². The van der Waals surface area contributed by atoms with Crippen molar-refractivity contribution in [3.05, 3.63) is 0 Å². The summed E-state index contributed by atoms with van der Waals surface area (Å²) in [6.45, 7) is 3.93. The SMILES string of the molecule is CCCCC(SCCC(F)(F)F)C(=O)OCC. The Bertz CT molecular complexity index is 219. The van der Waals surface area contributed by atoms with Crippen LogP contribution in [-0.4, -0.2) is 29.8 Å². The maximum atomic E-state index is 12.0. The number of carbonyl (C=O) groups is 1. The van der Waals surface area contributed by atoms with E-state index in [1.165, 1.54) is 0 Å². The van der Waals surface area contributed by atoms with E-state index in [0.717, 1.165) is 24.6 Å². The number of ether oxygens (including phenoxy) is 1. The first-order valence-corrected chi connectivity index (χ1v) is 6.80. The van der Waals surface area contributed by atoms with E-state index in [2.05, 4.69) is 0 Å². The van der Waals surface area contributed by atoms with Crippen LogP contribution in [0.2, 0.25) is 0 Å². The standard InChI is InChI=1S/C11H19F3O2S/c1-3-5-6-9(10(15)16-4-2)17-8-7-11(12,13)14/h9H,3-8H2,1-2H3. The van der Waals surface area contributed by atoms with Crippen molar-refractivity contribution in [3.63, 3.8) is 0 Å². The quantitative estimate of drug-likeness (QED) is 0.629. The van der Waals surface area contributed by atoms with Gasteiger partial charge >= 0.3 is 12.1 Å². The second-order valence-corrected chi connectivity index (χ2v) is 4.93. The van der Waals surface area contributed by atoms with Gasteiger partial charge in [0.05, 0.1) is 13.0 Å². The van der Waals surface area contributed by atoms with Crippen LogP contribution < -0.4 is 0 Å². The van der Waals surface area contributed by atoms with Crippen LogP contribution in [0.15, 0.2) is 0 Å². The smallest absolute Gasteiger partial charge is 0.389 e. The predicted molar refractivity (Wildman–Crippen MR) is 63.1 cm³/mol. The molecule has 0 aromatic rings. The van der Waals surface area contributed by atoms with Gasteiger partial charge in [0.15, 0.2) is 0 Å².